The van der Waals surface area contributed by atoms with Crippen molar-refractivity contribution in [1.82, 2.24) is 0 Å². The van der Waals surface area contributed by atoms with Crippen LogP contribution >= 0.6 is 0 Å². The molecule has 1 aliphatic rings. The number of benzene rings is 4. The first-order chi connectivity index (χ1) is 16.3. The Labute approximate surface area is 194 Å². The van der Waals surface area contributed by atoms with E-state index in [2.05, 4.69) is 103 Å². The second kappa shape index (κ2) is 8.37. The molecule has 0 amide bonds. The Morgan fingerprint density at radius 3 is 2.03 bits per heavy atom. The minimum atomic E-state index is 0.832. The largest absolute Gasteiger partial charge is 0.361 e. The summed E-state index contributed by atoms with van der Waals surface area (Å²) in [7, 11) is 0. The molecule has 4 aromatic carbocycles. The summed E-state index contributed by atoms with van der Waals surface area (Å²) >= 11 is 0. The lowest BCUT2D eigenvalue weighted by Gasteiger charge is -2.02. The summed E-state index contributed by atoms with van der Waals surface area (Å²) in [6, 6.07) is 40.4. The fraction of sp³-hybridized carbons (Fsp3) is 0.0312. The molecule has 0 N–H and O–H groups in total. The third-order valence-corrected chi connectivity index (χ3v) is 6.24. The molecule has 1 heterocycles. The monoisotopic (exact) mass is 423 g/mol. The van der Waals surface area contributed by atoms with E-state index in [0.29, 0.717) is 0 Å². The average Bonchev–Trinajstić information content (AvgIpc) is 3.26. The number of hydrogen-bond acceptors (Lipinski definition) is 0. The zero-order valence-corrected chi connectivity index (χ0v) is 18.2. The highest BCUT2D eigenvalue weighted by Gasteiger charge is 2.19. The summed E-state index contributed by atoms with van der Waals surface area (Å²) in [5.74, 6) is 1.69. The number of rotatable bonds is 4. The van der Waals surface area contributed by atoms with E-state index >= 15 is 0 Å². The summed E-state index contributed by atoms with van der Waals surface area (Å²) in [6.45, 7) is 0. The zero-order chi connectivity index (χ0) is 22.0. The van der Waals surface area contributed by atoms with E-state index in [9.17, 15) is 0 Å². The van der Waals surface area contributed by atoms with Crippen LogP contribution in [0.3, 0.4) is 0 Å². The Morgan fingerprint density at radius 1 is 0.515 bits per heavy atom. The minimum absolute atomic E-state index is 0.832. The van der Waals surface area contributed by atoms with Gasteiger partial charge < -0.3 is 0 Å². The van der Waals surface area contributed by atoms with Gasteiger partial charge in [0.1, 0.15) is 0 Å². The van der Waals surface area contributed by atoms with Gasteiger partial charge in [-0.1, -0.05) is 91.0 Å². The van der Waals surface area contributed by atoms with E-state index < -0.39 is 0 Å². The summed E-state index contributed by atoms with van der Waals surface area (Å²) in [5.41, 5.74) is 10.1. The topological polar surface area (TPSA) is 11.3 Å². The van der Waals surface area contributed by atoms with Crippen molar-refractivity contribution >= 4 is 12.2 Å². The normalized spacial score (nSPS) is 12.0. The van der Waals surface area contributed by atoms with Gasteiger partial charge in [-0.2, -0.15) is 0 Å². The van der Waals surface area contributed by atoms with Gasteiger partial charge in [0.25, 0.3) is 0 Å². The third-order valence-electron chi connectivity index (χ3n) is 6.24. The lowest BCUT2D eigenvalue weighted by atomic mass is 10.0. The van der Waals surface area contributed by atoms with Crippen LogP contribution in [0.25, 0.3) is 45.7 Å². The van der Waals surface area contributed by atoms with Crippen molar-refractivity contribution in [3.8, 4) is 33.6 Å². The van der Waals surface area contributed by atoms with Crippen molar-refractivity contribution in [2.45, 2.75) is 6.42 Å². The van der Waals surface area contributed by atoms with Crippen molar-refractivity contribution in [3.63, 3.8) is 0 Å². The molecule has 156 valence electrons. The molecule has 33 heavy (non-hydrogen) atoms. The van der Waals surface area contributed by atoms with E-state index in [1.807, 2.05) is 24.3 Å². The van der Waals surface area contributed by atoms with Gasteiger partial charge in [-0.25, -0.2) is 4.42 Å². The average molecular weight is 424 g/mol. The highest BCUT2D eigenvalue weighted by atomic mass is 16.3. The first-order valence-corrected chi connectivity index (χ1v) is 11.3. The van der Waals surface area contributed by atoms with Gasteiger partial charge in [0.15, 0.2) is 0 Å². The van der Waals surface area contributed by atoms with Gasteiger partial charge in [0.2, 0.25) is 0 Å². The van der Waals surface area contributed by atoms with Crippen molar-refractivity contribution in [3.05, 3.63) is 138 Å². The maximum atomic E-state index is 6.30. The van der Waals surface area contributed by atoms with Gasteiger partial charge >= 0.3 is 11.5 Å². The maximum absolute atomic E-state index is 6.30. The van der Waals surface area contributed by atoms with E-state index in [1.54, 1.807) is 0 Å². The fourth-order valence-corrected chi connectivity index (χ4v) is 4.59. The van der Waals surface area contributed by atoms with Crippen LogP contribution in [-0.2, 0) is 6.42 Å². The molecule has 0 unspecified atom stereocenters. The quantitative estimate of drug-likeness (QED) is 0.258. The Kier molecular flexibility index (Phi) is 4.93. The van der Waals surface area contributed by atoms with Crippen LogP contribution in [-0.4, -0.2) is 0 Å². The minimum Gasteiger partial charge on any atom is -0.207 e. The van der Waals surface area contributed by atoms with Crippen molar-refractivity contribution < 1.29 is 4.42 Å². The van der Waals surface area contributed by atoms with E-state index in [0.717, 1.165) is 29.1 Å². The molecule has 1 nitrogen and oxygen atoms in total. The highest BCUT2D eigenvalue weighted by molar-refractivity contribution is 5.80. The van der Waals surface area contributed by atoms with E-state index in [-0.39, 0.29) is 0 Å². The molecule has 1 aliphatic carbocycles. The molecule has 0 spiro atoms. The molecule has 0 atom stereocenters. The van der Waals surface area contributed by atoms with Crippen molar-refractivity contribution in [2.24, 2.45) is 0 Å². The first-order valence-electron chi connectivity index (χ1n) is 11.3. The van der Waals surface area contributed by atoms with Crippen LogP contribution in [0.5, 0.6) is 0 Å². The lowest BCUT2D eigenvalue weighted by molar-refractivity contribution is 0.556. The summed E-state index contributed by atoms with van der Waals surface area (Å²) in [5, 5.41) is 0. The molecule has 0 fully saturated rings. The lowest BCUT2D eigenvalue weighted by Crippen LogP contribution is -1.85. The van der Waals surface area contributed by atoms with Gasteiger partial charge in [0, 0.05) is 11.6 Å². The molecular formula is C32H23O+. The van der Waals surface area contributed by atoms with Gasteiger partial charge in [-0.15, -0.1) is 0 Å². The Morgan fingerprint density at radius 2 is 1.21 bits per heavy atom. The Bertz CT molecular complexity index is 1410. The third kappa shape index (κ3) is 3.90. The van der Waals surface area contributed by atoms with E-state index in [4.69, 9.17) is 4.42 Å². The predicted molar refractivity (Wildman–Crippen MR) is 138 cm³/mol. The van der Waals surface area contributed by atoms with Crippen LogP contribution < -0.4 is 0 Å². The molecule has 0 saturated carbocycles. The zero-order valence-electron chi connectivity index (χ0n) is 18.2. The summed E-state index contributed by atoms with van der Waals surface area (Å²) in [4.78, 5) is 0. The van der Waals surface area contributed by atoms with Crippen LogP contribution in [0.1, 0.15) is 22.5 Å². The summed E-state index contributed by atoms with van der Waals surface area (Å²) < 4.78 is 6.30. The van der Waals surface area contributed by atoms with E-state index in [1.165, 1.54) is 33.4 Å². The van der Waals surface area contributed by atoms with Crippen LogP contribution in [0.4, 0.5) is 0 Å². The molecule has 0 aliphatic heterocycles. The summed E-state index contributed by atoms with van der Waals surface area (Å²) in [6.07, 6.45) is 5.22. The van der Waals surface area contributed by atoms with Gasteiger partial charge in [0.05, 0.1) is 17.7 Å². The molecule has 0 saturated heterocycles. The number of fused-ring (bicyclic) bond motifs is 3. The molecule has 0 radical (unpaired) electrons. The van der Waals surface area contributed by atoms with Crippen LogP contribution in [0.15, 0.2) is 120 Å². The molecule has 0 bridgehead atoms. The molecule has 1 heteroatoms. The molecule has 1 aromatic heterocycles. The second-order valence-corrected chi connectivity index (χ2v) is 8.43. The van der Waals surface area contributed by atoms with Crippen LogP contribution in [0.2, 0.25) is 0 Å². The Balaban J connectivity index is 1.37. The van der Waals surface area contributed by atoms with Crippen molar-refractivity contribution in [1.29, 1.82) is 0 Å². The highest BCUT2D eigenvalue weighted by Crippen LogP contribution is 2.37. The van der Waals surface area contributed by atoms with Crippen molar-refractivity contribution in [2.75, 3.05) is 0 Å². The Hall–Kier alpha value is -4.23. The van der Waals surface area contributed by atoms with Crippen LogP contribution in [0, 0.1) is 0 Å². The first kappa shape index (κ1) is 19.5. The number of hydrogen-bond donors (Lipinski definition) is 0. The van der Waals surface area contributed by atoms with Gasteiger partial charge in [-0.3, -0.25) is 0 Å². The maximum Gasteiger partial charge on any atom is 0.361 e. The second-order valence-electron chi connectivity index (χ2n) is 8.43. The van der Waals surface area contributed by atoms with Gasteiger partial charge in [-0.05, 0) is 58.0 Å². The molecule has 6 rings (SSSR count). The fourth-order valence-electron chi connectivity index (χ4n) is 4.59. The SMILES string of the molecule is C(=C\c1cc(-c2ccccc2)cc(-c2ccccc2)[o+]1)/c1ccc2c(c1)Cc1ccccc1-2. The molecular weight excluding hydrogens is 400 g/mol. The predicted octanol–water partition coefficient (Wildman–Crippen LogP) is 8.64. The smallest absolute Gasteiger partial charge is 0.207 e. The standard InChI is InChI=1S/C32H23O/c1-3-9-24(10-4-1)27-21-29(33-32(22-27)25-11-5-2-6-12-25)17-15-23-16-18-31-28(19-23)20-26-13-7-8-14-30(26)31/h1-19,21-22H,20H2/q+1/b17-15+. The molecule has 5 aromatic rings.